The van der Waals surface area contributed by atoms with Crippen molar-refractivity contribution in [1.82, 2.24) is 24.9 Å². The van der Waals surface area contributed by atoms with Crippen LogP contribution in [0, 0.1) is 0 Å². The third kappa shape index (κ3) is 5.24. The normalized spacial score (nSPS) is 18.2. The Balaban J connectivity index is 1.33. The Morgan fingerprint density at radius 3 is 2.92 bits per heavy atom. The Morgan fingerprint density at radius 2 is 2.08 bits per heavy atom. The van der Waals surface area contributed by atoms with Gasteiger partial charge in [-0.15, -0.1) is 11.3 Å². The van der Waals surface area contributed by atoms with Gasteiger partial charge in [0, 0.05) is 18.2 Å². The topological polar surface area (TPSA) is 132 Å². The minimum atomic E-state index is -0.601. The fourth-order valence-electron chi connectivity index (χ4n) is 3.96. The third-order valence-electron chi connectivity index (χ3n) is 5.61. The standard InChI is InChI=1S/C24H27N7O4S/c1-24(2,3)35-23(33)29-17-12-34-9-7-15(17)28-22-25-11-19-20(30-22)14(13-36-19)21(32)27-16-10-26-31-8-5-4-6-18(16)31/h4-6,8,10-11,13,15,17H,7,9,12H2,1-3H3,(H,27,32)(H,29,33)(H,25,28,30)/t15-,17+/m1/s1. The first kappa shape index (κ1) is 23.9. The molecule has 0 radical (unpaired) electrons. The molecular formula is C24H27N7O4S. The van der Waals surface area contributed by atoms with Crippen LogP contribution in [0.15, 0.2) is 42.2 Å². The van der Waals surface area contributed by atoms with Crippen molar-refractivity contribution in [2.75, 3.05) is 23.8 Å². The number of thiophene rings is 1. The van der Waals surface area contributed by atoms with Crippen LogP contribution in [0.1, 0.15) is 37.6 Å². The number of carbonyl (C=O) groups excluding carboxylic acids is 2. The van der Waals surface area contributed by atoms with Crippen molar-refractivity contribution in [1.29, 1.82) is 0 Å². The molecule has 0 spiro atoms. The zero-order valence-electron chi connectivity index (χ0n) is 20.1. The molecule has 1 aliphatic rings. The number of aromatic nitrogens is 4. The average molecular weight is 510 g/mol. The van der Waals surface area contributed by atoms with E-state index in [-0.39, 0.29) is 18.0 Å². The molecule has 2 amide bonds. The number of fused-ring (bicyclic) bond motifs is 2. The van der Waals surface area contributed by atoms with Crippen LogP contribution in [0.5, 0.6) is 0 Å². The summed E-state index contributed by atoms with van der Waals surface area (Å²) in [5.41, 5.74) is 1.81. The maximum Gasteiger partial charge on any atom is 0.408 e. The van der Waals surface area contributed by atoms with Gasteiger partial charge in [-0.2, -0.15) is 5.10 Å². The predicted octanol–water partition coefficient (Wildman–Crippen LogP) is 3.69. The van der Waals surface area contributed by atoms with Gasteiger partial charge in [-0.05, 0) is 39.3 Å². The smallest absolute Gasteiger partial charge is 0.408 e. The maximum absolute atomic E-state index is 13.1. The molecule has 2 atom stereocenters. The van der Waals surface area contributed by atoms with Crippen molar-refractivity contribution >= 4 is 50.7 Å². The average Bonchev–Trinajstić information content (AvgIpc) is 3.43. The number of nitrogens with one attached hydrogen (secondary N) is 3. The minimum absolute atomic E-state index is 0.168. The molecule has 36 heavy (non-hydrogen) atoms. The maximum atomic E-state index is 13.1. The van der Waals surface area contributed by atoms with E-state index in [1.807, 2.05) is 45.2 Å². The molecule has 12 heteroatoms. The van der Waals surface area contributed by atoms with Gasteiger partial charge in [0.05, 0.1) is 58.1 Å². The second kappa shape index (κ2) is 9.70. The molecule has 0 bridgehead atoms. The summed E-state index contributed by atoms with van der Waals surface area (Å²) in [7, 11) is 0. The molecule has 11 nitrogen and oxygen atoms in total. The molecule has 1 aliphatic heterocycles. The number of rotatable bonds is 5. The van der Waals surface area contributed by atoms with Gasteiger partial charge in [-0.3, -0.25) is 4.79 Å². The zero-order valence-corrected chi connectivity index (χ0v) is 21.0. The predicted molar refractivity (Wildman–Crippen MR) is 137 cm³/mol. The van der Waals surface area contributed by atoms with E-state index in [9.17, 15) is 9.59 Å². The van der Waals surface area contributed by atoms with Gasteiger partial charge in [0.15, 0.2) is 0 Å². The summed E-state index contributed by atoms with van der Waals surface area (Å²) in [6.45, 7) is 6.32. The van der Waals surface area contributed by atoms with Gasteiger partial charge in [0.2, 0.25) is 5.95 Å². The molecule has 5 rings (SSSR count). The lowest BCUT2D eigenvalue weighted by atomic mass is 10.0. The number of pyridine rings is 1. The van der Waals surface area contributed by atoms with E-state index >= 15 is 0 Å². The summed E-state index contributed by atoms with van der Waals surface area (Å²) in [5.74, 6) is 0.0917. The van der Waals surface area contributed by atoms with Gasteiger partial charge in [0.1, 0.15) is 5.60 Å². The molecule has 5 heterocycles. The monoisotopic (exact) mass is 509 g/mol. The first-order valence-corrected chi connectivity index (χ1v) is 12.5. The fraction of sp³-hybridized carbons (Fsp3) is 0.375. The summed E-state index contributed by atoms with van der Waals surface area (Å²) in [4.78, 5) is 34.5. The Hall–Kier alpha value is -3.77. The Bertz CT molecular complexity index is 1410. The molecule has 3 N–H and O–H groups in total. The van der Waals surface area contributed by atoms with Gasteiger partial charge < -0.3 is 25.4 Å². The van der Waals surface area contributed by atoms with E-state index in [2.05, 4.69) is 31.0 Å². The van der Waals surface area contributed by atoms with Gasteiger partial charge in [-0.25, -0.2) is 19.3 Å². The molecule has 0 unspecified atom stereocenters. The quantitative estimate of drug-likeness (QED) is 0.371. The molecular weight excluding hydrogens is 482 g/mol. The van der Waals surface area contributed by atoms with E-state index in [4.69, 9.17) is 9.47 Å². The Labute approximate surface area is 211 Å². The molecule has 0 aliphatic carbocycles. The van der Waals surface area contributed by atoms with Crippen LogP contribution in [0.2, 0.25) is 0 Å². The van der Waals surface area contributed by atoms with Gasteiger partial charge in [0.25, 0.3) is 5.91 Å². The van der Waals surface area contributed by atoms with Crippen LogP contribution < -0.4 is 16.0 Å². The summed E-state index contributed by atoms with van der Waals surface area (Å²) in [6, 6.07) is 5.15. The number of hydrogen-bond donors (Lipinski definition) is 3. The lowest BCUT2D eigenvalue weighted by Crippen LogP contribution is -2.53. The number of alkyl carbamates (subject to hydrolysis) is 1. The first-order valence-electron chi connectivity index (χ1n) is 11.6. The van der Waals surface area contributed by atoms with Crippen LogP contribution in [0.25, 0.3) is 15.7 Å². The Morgan fingerprint density at radius 1 is 1.22 bits per heavy atom. The lowest BCUT2D eigenvalue weighted by molar-refractivity contribution is 0.0317. The summed E-state index contributed by atoms with van der Waals surface area (Å²) in [5, 5.41) is 15.1. The van der Waals surface area contributed by atoms with Crippen LogP contribution in [0.4, 0.5) is 16.4 Å². The molecule has 0 aromatic carbocycles. The largest absolute Gasteiger partial charge is 0.444 e. The molecule has 1 saturated heterocycles. The van der Waals surface area contributed by atoms with Crippen LogP contribution >= 0.6 is 11.3 Å². The number of hydrogen-bond acceptors (Lipinski definition) is 9. The highest BCUT2D eigenvalue weighted by Gasteiger charge is 2.30. The van der Waals surface area contributed by atoms with Crippen molar-refractivity contribution in [3.8, 4) is 0 Å². The highest BCUT2D eigenvalue weighted by molar-refractivity contribution is 7.17. The number of carbonyl (C=O) groups is 2. The molecule has 4 aromatic rings. The van der Waals surface area contributed by atoms with Crippen molar-refractivity contribution in [2.45, 2.75) is 44.9 Å². The number of amides is 2. The zero-order chi connectivity index (χ0) is 25.3. The van der Waals surface area contributed by atoms with E-state index in [0.29, 0.717) is 42.4 Å². The van der Waals surface area contributed by atoms with Gasteiger partial charge in [-0.1, -0.05) is 6.07 Å². The minimum Gasteiger partial charge on any atom is -0.444 e. The van der Waals surface area contributed by atoms with Crippen molar-refractivity contribution in [2.24, 2.45) is 0 Å². The van der Waals surface area contributed by atoms with E-state index in [0.717, 1.165) is 10.2 Å². The first-order chi connectivity index (χ1) is 17.3. The highest BCUT2D eigenvalue weighted by Crippen LogP contribution is 2.27. The lowest BCUT2D eigenvalue weighted by Gasteiger charge is -2.33. The number of anilines is 2. The second-order valence-electron chi connectivity index (χ2n) is 9.47. The second-order valence-corrected chi connectivity index (χ2v) is 10.4. The molecule has 188 valence electrons. The van der Waals surface area contributed by atoms with Crippen LogP contribution in [-0.2, 0) is 9.47 Å². The van der Waals surface area contributed by atoms with E-state index in [1.54, 1.807) is 22.3 Å². The molecule has 0 saturated carbocycles. The summed E-state index contributed by atoms with van der Waals surface area (Å²) in [6.07, 6.45) is 5.26. The fourth-order valence-corrected chi connectivity index (χ4v) is 4.80. The number of nitrogens with zero attached hydrogens (tertiary/aromatic N) is 4. The van der Waals surface area contributed by atoms with E-state index in [1.165, 1.54) is 11.3 Å². The summed E-state index contributed by atoms with van der Waals surface area (Å²) >= 11 is 1.40. The number of ether oxygens (including phenoxy) is 2. The SMILES string of the molecule is CC(C)(C)OC(=O)N[C@H]1COCC[C@H]1Nc1ncc2scc(C(=O)Nc3cnn4ccccc34)c2n1. The Kier molecular flexibility index (Phi) is 6.46. The molecule has 1 fully saturated rings. The van der Waals surface area contributed by atoms with E-state index < -0.39 is 11.7 Å². The highest BCUT2D eigenvalue weighted by atomic mass is 32.1. The van der Waals surface area contributed by atoms with Crippen molar-refractivity contribution in [3.63, 3.8) is 0 Å². The molecule has 4 aromatic heterocycles. The van der Waals surface area contributed by atoms with Crippen LogP contribution in [0.3, 0.4) is 0 Å². The van der Waals surface area contributed by atoms with Gasteiger partial charge >= 0.3 is 6.09 Å². The van der Waals surface area contributed by atoms with Crippen molar-refractivity contribution < 1.29 is 19.1 Å². The third-order valence-corrected chi connectivity index (χ3v) is 6.51. The summed E-state index contributed by atoms with van der Waals surface area (Å²) < 4.78 is 13.4. The van der Waals surface area contributed by atoms with Crippen LogP contribution in [-0.4, -0.2) is 62.5 Å². The van der Waals surface area contributed by atoms with Crippen molar-refractivity contribution in [3.05, 3.63) is 47.7 Å².